The van der Waals surface area contributed by atoms with Gasteiger partial charge >= 0.3 is 0 Å². The Morgan fingerprint density at radius 1 is 1.25 bits per heavy atom. The molecule has 2 atom stereocenters. The minimum atomic E-state index is 0.444. The van der Waals surface area contributed by atoms with Crippen molar-refractivity contribution in [2.24, 2.45) is 11.3 Å². The van der Waals surface area contributed by atoms with Gasteiger partial charge in [-0.2, -0.15) is 0 Å². The standard InChI is InChI=1S/C18H30N2/c1-18(2)12-10-16(17(18)19-3)14-20(4)13-11-15-8-6-5-7-9-15/h5-9,16-17,19H,10-14H2,1-4H3. The molecule has 1 aliphatic rings. The molecule has 1 fully saturated rings. The van der Waals surface area contributed by atoms with E-state index in [1.54, 1.807) is 0 Å². The summed E-state index contributed by atoms with van der Waals surface area (Å²) < 4.78 is 0. The molecule has 2 unspecified atom stereocenters. The molecule has 0 aliphatic heterocycles. The number of benzene rings is 1. The zero-order chi connectivity index (χ0) is 14.6. The Labute approximate surface area is 124 Å². The number of nitrogens with one attached hydrogen (secondary N) is 1. The Bertz CT molecular complexity index is 399. The van der Waals surface area contributed by atoms with E-state index in [1.807, 2.05) is 0 Å². The molecule has 1 saturated carbocycles. The molecule has 2 nitrogen and oxygen atoms in total. The van der Waals surface area contributed by atoms with Crippen LogP contribution in [0.3, 0.4) is 0 Å². The first kappa shape index (κ1) is 15.5. The first-order valence-electron chi connectivity index (χ1n) is 7.92. The van der Waals surface area contributed by atoms with Gasteiger partial charge in [-0.15, -0.1) is 0 Å². The molecule has 20 heavy (non-hydrogen) atoms. The fourth-order valence-electron chi connectivity index (χ4n) is 3.80. The van der Waals surface area contributed by atoms with Gasteiger partial charge in [-0.25, -0.2) is 0 Å². The van der Waals surface area contributed by atoms with Crippen LogP contribution < -0.4 is 5.32 Å². The third-order valence-corrected chi connectivity index (χ3v) is 4.96. The van der Waals surface area contributed by atoms with Gasteiger partial charge in [0.2, 0.25) is 0 Å². The van der Waals surface area contributed by atoms with E-state index in [0.717, 1.165) is 18.9 Å². The van der Waals surface area contributed by atoms with E-state index < -0.39 is 0 Å². The molecular formula is C18H30N2. The predicted octanol–water partition coefficient (Wildman–Crippen LogP) is 3.19. The lowest BCUT2D eigenvalue weighted by Gasteiger charge is -2.32. The highest BCUT2D eigenvalue weighted by Crippen LogP contribution is 2.41. The molecule has 0 heterocycles. The molecule has 1 aliphatic carbocycles. The summed E-state index contributed by atoms with van der Waals surface area (Å²) >= 11 is 0. The van der Waals surface area contributed by atoms with Crippen LogP contribution >= 0.6 is 0 Å². The van der Waals surface area contributed by atoms with Crippen LogP contribution in [0.2, 0.25) is 0 Å². The smallest absolute Gasteiger partial charge is 0.0156 e. The average Bonchev–Trinajstić information content (AvgIpc) is 2.72. The highest BCUT2D eigenvalue weighted by molar-refractivity contribution is 5.14. The molecule has 0 spiro atoms. The van der Waals surface area contributed by atoms with Gasteiger partial charge in [0.05, 0.1) is 0 Å². The van der Waals surface area contributed by atoms with Crippen LogP contribution in [-0.4, -0.2) is 38.1 Å². The normalized spacial score (nSPS) is 25.2. The van der Waals surface area contributed by atoms with E-state index in [-0.39, 0.29) is 0 Å². The maximum atomic E-state index is 3.56. The van der Waals surface area contributed by atoms with Crippen molar-refractivity contribution in [3.8, 4) is 0 Å². The van der Waals surface area contributed by atoms with E-state index in [4.69, 9.17) is 0 Å². The molecule has 1 N–H and O–H groups in total. The number of hydrogen-bond donors (Lipinski definition) is 1. The summed E-state index contributed by atoms with van der Waals surface area (Å²) in [6.45, 7) is 7.16. The Morgan fingerprint density at radius 3 is 2.60 bits per heavy atom. The van der Waals surface area contributed by atoms with Gasteiger partial charge < -0.3 is 10.2 Å². The molecule has 0 amide bonds. The summed E-state index contributed by atoms with van der Waals surface area (Å²) in [5, 5.41) is 3.56. The van der Waals surface area contributed by atoms with E-state index in [2.05, 4.69) is 68.5 Å². The zero-order valence-electron chi connectivity index (χ0n) is 13.5. The second-order valence-electron chi connectivity index (χ2n) is 7.05. The van der Waals surface area contributed by atoms with Crippen molar-refractivity contribution in [1.82, 2.24) is 10.2 Å². The Kier molecular flexibility index (Phi) is 5.22. The summed E-state index contributed by atoms with van der Waals surface area (Å²) in [6.07, 6.45) is 3.85. The van der Waals surface area contributed by atoms with Crippen molar-refractivity contribution < 1.29 is 0 Å². The SMILES string of the molecule is CNC1C(CN(C)CCc2ccccc2)CCC1(C)C. The molecule has 112 valence electrons. The minimum Gasteiger partial charge on any atom is -0.316 e. The third kappa shape index (κ3) is 3.83. The van der Waals surface area contributed by atoms with E-state index in [1.165, 1.54) is 24.9 Å². The molecule has 0 aromatic heterocycles. The zero-order valence-corrected chi connectivity index (χ0v) is 13.5. The second kappa shape index (κ2) is 6.73. The van der Waals surface area contributed by atoms with Crippen molar-refractivity contribution in [3.05, 3.63) is 35.9 Å². The highest BCUT2D eigenvalue weighted by Gasteiger charge is 2.40. The second-order valence-corrected chi connectivity index (χ2v) is 7.05. The average molecular weight is 274 g/mol. The van der Waals surface area contributed by atoms with Crippen LogP contribution in [-0.2, 0) is 6.42 Å². The lowest BCUT2D eigenvalue weighted by molar-refractivity contribution is 0.212. The van der Waals surface area contributed by atoms with Crippen molar-refractivity contribution in [2.75, 3.05) is 27.2 Å². The molecule has 1 aromatic carbocycles. The van der Waals surface area contributed by atoms with Crippen LogP contribution in [0.15, 0.2) is 30.3 Å². The van der Waals surface area contributed by atoms with E-state index in [0.29, 0.717) is 11.5 Å². The van der Waals surface area contributed by atoms with Crippen molar-refractivity contribution >= 4 is 0 Å². The lowest BCUT2D eigenvalue weighted by atomic mass is 9.85. The van der Waals surface area contributed by atoms with Crippen molar-refractivity contribution in [2.45, 2.75) is 39.2 Å². The van der Waals surface area contributed by atoms with Gasteiger partial charge in [0.1, 0.15) is 0 Å². The largest absolute Gasteiger partial charge is 0.316 e. The van der Waals surface area contributed by atoms with Crippen molar-refractivity contribution in [3.63, 3.8) is 0 Å². The third-order valence-electron chi connectivity index (χ3n) is 4.96. The highest BCUT2D eigenvalue weighted by atomic mass is 15.1. The van der Waals surface area contributed by atoms with Gasteiger partial charge in [0.15, 0.2) is 0 Å². The quantitative estimate of drug-likeness (QED) is 0.857. The first-order chi connectivity index (χ1) is 9.53. The molecular weight excluding hydrogens is 244 g/mol. The lowest BCUT2D eigenvalue weighted by Crippen LogP contribution is -2.43. The molecule has 2 heteroatoms. The number of nitrogens with zero attached hydrogens (tertiary/aromatic N) is 1. The van der Waals surface area contributed by atoms with Crippen LogP contribution in [0.5, 0.6) is 0 Å². The van der Waals surface area contributed by atoms with Gasteiger partial charge in [0, 0.05) is 19.1 Å². The minimum absolute atomic E-state index is 0.444. The summed E-state index contributed by atoms with van der Waals surface area (Å²) in [7, 11) is 4.38. The topological polar surface area (TPSA) is 15.3 Å². The fraction of sp³-hybridized carbons (Fsp3) is 0.667. The summed E-state index contributed by atoms with van der Waals surface area (Å²) in [4.78, 5) is 2.50. The number of hydrogen-bond acceptors (Lipinski definition) is 2. The molecule has 0 saturated heterocycles. The fourth-order valence-corrected chi connectivity index (χ4v) is 3.80. The molecule has 0 radical (unpaired) electrons. The summed E-state index contributed by atoms with van der Waals surface area (Å²) in [5.41, 5.74) is 1.89. The first-order valence-corrected chi connectivity index (χ1v) is 7.92. The van der Waals surface area contributed by atoms with E-state index >= 15 is 0 Å². The van der Waals surface area contributed by atoms with Crippen LogP contribution in [0, 0.1) is 11.3 Å². The molecule has 2 rings (SSSR count). The number of likely N-dealkylation sites (N-methyl/N-ethyl adjacent to an activating group) is 1. The van der Waals surface area contributed by atoms with Crippen LogP contribution in [0.4, 0.5) is 0 Å². The predicted molar refractivity (Wildman–Crippen MR) is 87.0 cm³/mol. The van der Waals surface area contributed by atoms with Crippen molar-refractivity contribution in [1.29, 1.82) is 0 Å². The van der Waals surface area contributed by atoms with Crippen LogP contribution in [0.1, 0.15) is 32.3 Å². The monoisotopic (exact) mass is 274 g/mol. The number of rotatable bonds is 6. The summed E-state index contributed by atoms with van der Waals surface area (Å²) in [5.74, 6) is 0.788. The Morgan fingerprint density at radius 2 is 1.95 bits per heavy atom. The van der Waals surface area contributed by atoms with E-state index in [9.17, 15) is 0 Å². The van der Waals surface area contributed by atoms with Gasteiger partial charge in [0.25, 0.3) is 0 Å². The molecule has 0 bridgehead atoms. The Balaban J connectivity index is 1.81. The maximum Gasteiger partial charge on any atom is 0.0156 e. The van der Waals surface area contributed by atoms with Crippen LogP contribution in [0.25, 0.3) is 0 Å². The van der Waals surface area contributed by atoms with Gasteiger partial charge in [-0.05, 0) is 50.3 Å². The van der Waals surface area contributed by atoms with Gasteiger partial charge in [-0.1, -0.05) is 44.2 Å². The van der Waals surface area contributed by atoms with Gasteiger partial charge in [-0.3, -0.25) is 0 Å². The maximum absolute atomic E-state index is 3.56. The molecule has 1 aromatic rings. The Hall–Kier alpha value is -0.860. The summed E-state index contributed by atoms with van der Waals surface area (Å²) in [6, 6.07) is 11.5.